The topological polar surface area (TPSA) is 50.7 Å². The number of rotatable bonds is 4. The fourth-order valence-electron chi connectivity index (χ4n) is 1.52. The zero-order chi connectivity index (χ0) is 12.3. The molecule has 0 aliphatic heterocycles. The molecule has 17 heavy (non-hydrogen) atoms. The molecular weight excluding hydrogens is 300 g/mol. The minimum atomic E-state index is 0.279. The maximum absolute atomic E-state index is 4.23. The molecule has 0 aliphatic carbocycles. The minimum absolute atomic E-state index is 0.279. The van der Waals surface area contributed by atoms with Crippen LogP contribution in [0.5, 0.6) is 0 Å². The van der Waals surface area contributed by atoms with Gasteiger partial charge in [0.05, 0.1) is 6.04 Å². The molecule has 2 rings (SSSR count). The van der Waals surface area contributed by atoms with Crippen LogP contribution in [0, 0.1) is 0 Å². The SMILES string of the molecule is CCC(NC)c1nnc(-c2cncc(Br)c2)s1. The first-order chi connectivity index (χ1) is 8.24. The third kappa shape index (κ3) is 2.88. The smallest absolute Gasteiger partial charge is 0.149 e. The maximum atomic E-state index is 4.23. The largest absolute Gasteiger partial charge is 0.311 e. The maximum Gasteiger partial charge on any atom is 0.149 e. The summed E-state index contributed by atoms with van der Waals surface area (Å²) in [5.41, 5.74) is 0.995. The van der Waals surface area contributed by atoms with Crippen LogP contribution in [-0.2, 0) is 0 Å². The summed E-state index contributed by atoms with van der Waals surface area (Å²) in [7, 11) is 1.94. The number of nitrogens with zero attached hydrogens (tertiary/aromatic N) is 3. The molecule has 0 aromatic carbocycles. The minimum Gasteiger partial charge on any atom is -0.311 e. The van der Waals surface area contributed by atoms with Gasteiger partial charge in [-0.2, -0.15) is 0 Å². The second-order valence-corrected chi connectivity index (χ2v) is 5.51. The molecule has 6 heteroatoms. The first-order valence-corrected chi connectivity index (χ1v) is 6.97. The predicted molar refractivity (Wildman–Crippen MR) is 72.9 cm³/mol. The van der Waals surface area contributed by atoms with Gasteiger partial charge in [0.25, 0.3) is 0 Å². The highest BCUT2D eigenvalue weighted by atomic mass is 79.9. The Balaban J connectivity index is 2.29. The van der Waals surface area contributed by atoms with E-state index in [1.807, 2.05) is 13.1 Å². The summed E-state index contributed by atoms with van der Waals surface area (Å²) in [5, 5.41) is 13.6. The lowest BCUT2D eigenvalue weighted by Crippen LogP contribution is -2.14. The van der Waals surface area contributed by atoms with E-state index in [2.05, 4.69) is 43.4 Å². The highest BCUT2D eigenvalue weighted by Crippen LogP contribution is 2.28. The predicted octanol–water partition coefficient (Wildman–Crippen LogP) is 3.03. The van der Waals surface area contributed by atoms with Crippen LogP contribution in [0.3, 0.4) is 0 Å². The average Bonchev–Trinajstić information content (AvgIpc) is 2.80. The monoisotopic (exact) mass is 312 g/mol. The number of aromatic nitrogens is 3. The first-order valence-electron chi connectivity index (χ1n) is 5.36. The third-order valence-electron chi connectivity index (χ3n) is 2.45. The lowest BCUT2D eigenvalue weighted by atomic mass is 10.2. The van der Waals surface area contributed by atoms with Crippen LogP contribution >= 0.6 is 27.3 Å². The van der Waals surface area contributed by atoms with E-state index in [0.717, 1.165) is 26.5 Å². The summed E-state index contributed by atoms with van der Waals surface area (Å²) < 4.78 is 0.951. The van der Waals surface area contributed by atoms with Gasteiger partial charge in [0, 0.05) is 22.4 Å². The van der Waals surface area contributed by atoms with E-state index in [9.17, 15) is 0 Å². The zero-order valence-electron chi connectivity index (χ0n) is 9.64. The summed E-state index contributed by atoms with van der Waals surface area (Å²) in [6.07, 6.45) is 4.56. The van der Waals surface area contributed by atoms with Gasteiger partial charge in [0.2, 0.25) is 0 Å². The Morgan fingerprint density at radius 3 is 2.88 bits per heavy atom. The molecule has 2 heterocycles. The molecule has 0 aliphatic rings. The van der Waals surface area contributed by atoms with Crippen molar-refractivity contribution in [2.75, 3.05) is 7.05 Å². The Labute approximate surface area is 113 Å². The molecule has 2 aromatic rings. The number of hydrogen-bond acceptors (Lipinski definition) is 5. The Morgan fingerprint density at radius 2 is 2.24 bits per heavy atom. The van der Waals surface area contributed by atoms with Crippen molar-refractivity contribution in [2.45, 2.75) is 19.4 Å². The van der Waals surface area contributed by atoms with Gasteiger partial charge in [-0.3, -0.25) is 4.98 Å². The second-order valence-electron chi connectivity index (χ2n) is 3.59. The van der Waals surface area contributed by atoms with Crippen molar-refractivity contribution in [1.29, 1.82) is 0 Å². The van der Waals surface area contributed by atoms with Crippen molar-refractivity contribution in [3.8, 4) is 10.6 Å². The van der Waals surface area contributed by atoms with Crippen molar-refractivity contribution in [3.05, 3.63) is 27.9 Å². The molecule has 0 saturated heterocycles. The van der Waals surface area contributed by atoms with E-state index in [0.29, 0.717) is 0 Å². The van der Waals surface area contributed by atoms with E-state index < -0.39 is 0 Å². The Hall–Kier alpha value is -0.850. The summed E-state index contributed by atoms with van der Waals surface area (Å²) in [5.74, 6) is 0. The molecule has 4 nitrogen and oxygen atoms in total. The molecule has 1 atom stereocenters. The van der Waals surface area contributed by atoms with Crippen LogP contribution < -0.4 is 5.32 Å². The Kier molecular flexibility index (Phi) is 4.20. The average molecular weight is 313 g/mol. The second kappa shape index (κ2) is 5.66. The van der Waals surface area contributed by atoms with Crippen LogP contribution in [0.4, 0.5) is 0 Å². The molecule has 0 saturated carbocycles. The van der Waals surface area contributed by atoms with Gasteiger partial charge >= 0.3 is 0 Å². The van der Waals surface area contributed by atoms with Gasteiger partial charge in [-0.1, -0.05) is 18.3 Å². The molecule has 0 bridgehead atoms. The number of hydrogen-bond donors (Lipinski definition) is 1. The normalized spacial score (nSPS) is 12.6. The molecule has 90 valence electrons. The fraction of sp³-hybridized carbons (Fsp3) is 0.364. The molecule has 0 fully saturated rings. The molecule has 1 unspecified atom stereocenters. The first kappa shape index (κ1) is 12.6. The van der Waals surface area contributed by atoms with Crippen LogP contribution in [0.2, 0.25) is 0 Å². The summed E-state index contributed by atoms with van der Waals surface area (Å²) in [6.45, 7) is 2.13. The van der Waals surface area contributed by atoms with Crippen molar-refractivity contribution in [1.82, 2.24) is 20.5 Å². The molecular formula is C11H13BrN4S. The van der Waals surface area contributed by atoms with Crippen LogP contribution in [0.15, 0.2) is 22.9 Å². The van der Waals surface area contributed by atoms with E-state index in [4.69, 9.17) is 0 Å². The molecule has 1 N–H and O–H groups in total. The lowest BCUT2D eigenvalue weighted by Gasteiger charge is -2.07. The fourth-order valence-corrected chi connectivity index (χ4v) is 2.91. The van der Waals surface area contributed by atoms with Gasteiger partial charge in [0.1, 0.15) is 10.0 Å². The standard InChI is InChI=1S/C11H13BrN4S/c1-3-9(13-2)11-16-15-10(17-11)7-4-8(12)6-14-5-7/h4-6,9,13H,3H2,1-2H3. The summed E-state index contributed by atoms with van der Waals surface area (Å²) >= 11 is 5.01. The van der Waals surface area contributed by atoms with Gasteiger partial charge in [-0.15, -0.1) is 10.2 Å². The number of nitrogens with one attached hydrogen (secondary N) is 1. The van der Waals surface area contributed by atoms with Gasteiger partial charge in [-0.05, 0) is 35.5 Å². The third-order valence-corrected chi connectivity index (χ3v) is 3.97. The van der Waals surface area contributed by atoms with Crippen LogP contribution in [0.25, 0.3) is 10.6 Å². The van der Waals surface area contributed by atoms with E-state index in [1.54, 1.807) is 23.7 Å². The quantitative estimate of drug-likeness (QED) is 0.942. The van der Waals surface area contributed by atoms with Gasteiger partial charge in [0.15, 0.2) is 0 Å². The van der Waals surface area contributed by atoms with Crippen LogP contribution in [0.1, 0.15) is 24.4 Å². The number of pyridine rings is 1. The van der Waals surface area contributed by atoms with Gasteiger partial charge in [-0.25, -0.2) is 0 Å². The van der Waals surface area contributed by atoms with Crippen molar-refractivity contribution >= 4 is 27.3 Å². The number of halogens is 1. The highest BCUT2D eigenvalue weighted by Gasteiger charge is 2.14. The lowest BCUT2D eigenvalue weighted by molar-refractivity contribution is 0.568. The zero-order valence-corrected chi connectivity index (χ0v) is 12.0. The van der Waals surface area contributed by atoms with E-state index >= 15 is 0 Å². The Bertz CT molecular complexity index is 496. The molecule has 2 aromatic heterocycles. The summed E-state index contributed by atoms with van der Waals surface area (Å²) in [6, 6.07) is 2.28. The van der Waals surface area contributed by atoms with E-state index in [-0.39, 0.29) is 6.04 Å². The highest BCUT2D eigenvalue weighted by molar-refractivity contribution is 9.10. The van der Waals surface area contributed by atoms with Crippen LogP contribution in [-0.4, -0.2) is 22.2 Å². The van der Waals surface area contributed by atoms with E-state index in [1.165, 1.54) is 0 Å². The van der Waals surface area contributed by atoms with Crippen molar-refractivity contribution in [3.63, 3.8) is 0 Å². The van der Waals surface area contributed by atoms with Crippen molar-refractivity contribution < 1.29 is 0 Å². The Morgan fingerprint density at radius 1 is 1.41 bits per heavy atom. The summed E-state index contributed by atoms with van der Waals surface area (Å²) in [4.78, 5) is 4.13. The molecule has 0 radical (unpaired) electrons. The van der Waals surface area contributed by atoms with Crippen molar-refractivity contribution in [2.24, 2.45) is 0 Å². The van der Waals surface area contributed by atoms with Gasteiger partial charge < -0.3 is 5.32 Å². The molecule has 0 amide bonds. The molecule has 0 spiro atoms.